The molecular formula is C24H25NO7S2. The van der Waals surface area contributed by atoms with E-state index in [1.807, 2.05) is 21.6 Å². The highest BCUT2D eigenvalue weighted by atomic mass is 33.1. The Morgan fingerprint density at radius 1 is 1.09 bits per heavy atom. The quantitative estimate of drug-likeness (QED) is 0.0692. The summed E-state index contributed by atoms with van der Waals surface area (Å²) in [6.07, 6.45) is 7.51. The van der Waals surface area contributed by atoms with Crippen molar-refractivity contribution in [1.29, 1.82) is 0 Å². The van der Waals surface area contributed by atoms with Crippen molar-refractivity contribution in [1.82, 2.24) is 0 Å². The number of ether oxygens (including phenoxy) is 2. The third-order valence-electron chi connectivity index (χ3n) is 4.86. The molecule has 1 atom stereocenters. The third-order valence-corrected chi connectivity index (χ3v) is 7.87. The van der Waals surface area contributed by atoms with Gasteiger partial charge >= 0.3 is 11.9 Å². The van der Waals surface area contributed by atoms with Crippen molar-refractivity contribution in [3.63, 3.8) is 0 Å². The molecule has 0 spiro atoms. The number of esters is 2. The molecule has 0 N–H and O–H groups in total. The molecule has 3 rings (SSSR count). The fourth-order valence-corrected chi connectivity index (χ4v) is 6.20. The molecule has 1 fully saturated rings. The number of benzene rings is 2. The lowest BCUT2D eigenvalue weighted by Crippen LogP contribution is -2.08. The topological polar surface area (TPSA) is 105 Å². The summed E-state index contributed by atoms with van der Waals surface area (Å²) in [6, 6.07) is 13.1. The zero-order chi connectivity index (χ0) is 24.2. The smallest absolute Gasteiger partial charge is 0.336 e. The van der Waals surface area contributed by atoms with E-state index in [4.69, 9.17) is 9.47 Å². The molecule has 0 aromatic heterocycles. The van der Waals surface area contributed by atoms with Gasteiger partial charge in [-0.05, 0) is 60.7 Å². The van der Waals surface area contributed by atoms with Crippen LogP contribution in [0.25, 0.3) is 6.08 Å². The molecule has 1 heterocycles. The normalized spacial score (nSPS) is 15.2. The minimum absolute atomic E-state index is 0.232. The van der Waals surface area contributed by atoms with Gasteiger partial charge in [-0.3, -0.25) is 4.79 Å². The molecule has 1 saturated heterocycles. The molecule has 8 nitrogen and oxygen atoms in total. The Morgan fingerprint density at radius 2 is 1.91 bits per heavy atom. The number of rotatable bonds is 12. The number of nitrogens with zero attached hydrogens (tertiary/aromatic N) is 1. The van der Waals surface area contributed by atoms with Crippen molar-refractivity contribution in [2.45, 2.75) is 44.0 Å². The molecule has 0 radical (unpaired) electrons. The molecule has 34 heavy (non-hydrogen) atoms. The van der Waals surface area contributed by atoms with E-state index < -0.39 is 11.1 Å². The third kappa shape index (κ3) is 9.48. The standard InChI is InChI=1S/C24H25NO7S2/c26-23(7-2-1-6-22-14-15-33-34-22)31-20-11-8-18(9-12-20)10-13-24(27)32-21-5-3-4-19(16-21)17-30-25(28)29/h3-5,8-13,16,22H,1-2,6-7,14-15,17H2/t22-/m1/s1. The van der Waals surface area contributed by atoms with Crippen molar-refractivity contribution in [2.75, 3.05) is 5.75 Å². The molecular weight excluding hydrogens is 478 g/mol. The monoisotopic (exact) mass is 503 g/mol. The average molecular weight is 504 g/mol. The summed E-state index contributed by atoms with van der Waals surface area (Å²) < 4.78 is 10.6. The minimum atomic E-state index is -0.885. The zero-order valence-corrected chi connectivity index (χ0v) is 20.1. The Kier molecular flexibility index (Phi) is 10.3. The molecule has 10 heteroatoms. The first-order chi connectivity index (χ1) is 16.5. The van der Waals surface area contributed by atoms with Gasteiger partial charge in [0.05, 0.1) is 0 Å². The highest BCUT2D eigenvalue weighted by Crippen LogP contribution is 2.39. The Hall–Kier alpha value is -2.98. The molecule has 2 aromatic rings. The summed E-state index contributed by atoms with van der Waals surface area (Å²) in [5, 5.41) is 10.1. The van der Waals surface area contributed by atoms with Crippen LogP contribution in [0.2, 0.25) is 0 Å². The minimum Gasteiger partial charge on any atom is -0.427 e. The fourth-order valence-electron chi connectivity index (χ4n) is 3.18. The molecule has 0 bridgehead atoms. The molecule has 1 aliphatic heterocycles. The number of hydrogen-bond acceptors (Lipinski definition) is 9. The van der Waals surface area contributed by atoms with Gasteiger partial charge in [0.2, 0.25) is 0 Å². The second-order valence-electron chi connectivity index (χ2n) is 7.52. The van der Waals surface area contributed by atoms with Crippen molar-refractivity contribution in [2.24, 2.45) is 0 Å². The highest BCUT2D eigenvalue weighted by molar-refractivity contribution is 8.77. The lowest BCUT2D eigenvalue weighted by atomic mass is 10.1. The van der Waals surface area contributed by atoms with E-state index >= 15 is 0 Å². The maximum Gasteiger partial charge on any atom is 0.336 e. The van der Waals surface area contributed by atoms with Crippen molar-refractivity contribution < 1.29 is 29.0 Å². The van der Waals surface area contributed by atoms with Crippen LogP contribution in [0, 0.1) is 10.1 Å². The lowest BCUT2D eigenvalue weighted by molar-refractivity contribution is -0.763. The maximum absolute atomic E-state index is 12.1. The summed E-state index contributed by atoms with van der Waals surface area (Å²) in [6.45, 7) is -0.232. The predicted molar refractivity (Wildman–Crippen MR) is 132 cm³/mol. The van der Waals surface area contributed by atoms with E-state index in [1.54, 1.807) is 48.5 Å². The first-order valence-corrected chi connectivity index (χ1v) is 13.2. The maximum atomic E-state index is 12.1. The lowest BCUT2D eigenvalue weighted by Gasteiger charge is -2.07. The van der Waals surface area contributed by atoms with Gasteiger partial charge in [0.15, 0.2) is 0 Å². The van der Waals surface area contributed by atoms with Gasteiger partial charge in [-0.1, -0.05) is 52.3 Å². The van der Waals surface area contributed by atoms with Crippen LogP contribution in [0.5, 0.6) is 11.5 Å². The average Bonchev–Trinajstić information content (AvgIpc) is 3.34. The Labute approximate surface area is 205 Å². The van der Waals surface area contributed by atoms with Crippen LogP contribution < -0.4 is 9.47 Å². The van der Waals surface area contributed by atoms with Crippen molar-refractivity contribution in [3.05, 3.63) is 75.8 Å². The van der Waals surface area contributed by atoms with Gasteiger partial charge in [-0.15, -0.1) is 10.1 Å². The summed E-state index contributed by atoms with van der Waals surface area (Å²) in [5.74, 6) is 1.09. The van der Waals surface area contributed by atoms with Crippen LogP contribution >= 0.6 is 21.6 Å². The van der Waals surface area contributed by atoms with E-state index in [9.17, 15) is 19.7 Å². The molecule has 180 valence electrons. The van der Waals surface area contributed by atoms with E-state index in [0.29, 0.717) is 17.7 Å². The highest BCUT2D eigenvalue weighted by Gasteiger charge is 2.16. The van der Waals surface area contributed by atoms with E-state index in [1.165, 1.54) is 24.3 Å². The van der Waals surface area contributed by atoms with E-state index in [-0.39, 0.29) is 18.3 Å². The summed E-state index contributed by atoms with van der Waals surface area (Å²) in [5.41, 5.74) is 1.24. The molecule has 0 aliphatic carbocycles. The number of carbonyl (C=O) groups is 2. The van der Waals surface area contributed by atoms with Gasteiger partial charge in [0, 0.05) is 23.5 Å². The Bertz CT molecular complexity index is 1000. The molecule has 0 unspecified atom stereocenters. The molecule has 2 aromatic carbocycles. The SMILES string of the molecule is O=C(C=Cc1ccc(OC(=O)CCCC[C@@H]2CCSS2)cc1)Oc1cccc(CO[N+](=O)[O-])c1. The van der Waals surface area contributed by atoms with Crippen molar-refractivity contribution >= 4 is 39.6 Å². The zero-order valence-electron chi connectivity index (χ0n) is 18.4. The molecule has 0 amide bonds. The first kappa shape index (κ1) is 25.6. The van der Waals surface area contributed by atoms with Gasteiger partial charge in [0.1, 0.15) is 18.1 Å². The van der Waals surface area contributed by atoms with E-state index in [2.05, 4.69) is 4.84 Å². The van der Waals surface area contributed by atoms with Crippen LogP contribution in [-0.4, -0.2) is 28.0 Å². The summed E-state index contributed by atoms with van der Waals surface area (Å²) in [7, 11) is 3.88. The number of carbonyl (C=O) groups excluding carboxylic acids is 2. The van der Waals surface area contributed by atoms with E-state index in [0.717, 1.165) is 30.1 Å². The Balaban J connectivity index is 1.39. The second kappa shape index (κ2) is 13.7. The summed E-state index contributed by atoms with van der Waals surface area (Å²) in [4.78, 5) is 38.7. The van der Waals surface area contributed by atoms with Gasteiger partial charge in [-0.2, -0.15) is 0 Å². The van der Waals surface area contributed by atoms with Crippen LogP contribution in [0.3, 0.4) is 0 Å². The summed E-state index contributed by atoms with van der Waals surface area (Å²) >= 11 is 0. The van der Waals surface area contributed by atoms with Gasteiger partial charge < -0.3 is 14.3 Å². The van der Waals surface area contributed by atoms with Crippen LogP contribution in [0.1, 0.15) is 43.2 Å². The van der Waals surface area contributed by atoms with Crippen LogP contribution in [0.4, 0.5) is 0 Å². The van der Waals surface area contributed by atoms with Crippen LogP contribution in [0.15, 0.2) is 54.6 Å². The molecule has 1 aliphatic rings. The first-order valence-electron chi connectivity index (χ1n) is 10.8. The number of hydrogen-bond donors (Lipinski definition) is 0. The predicted octanol–water partition coefficient (Wildman–Crippen LogP) is 5.63. The molecule has 0 saturated carbocycles. The van der Waals surface area contributed by atoms with Gasteiger partial charge in [0.25, 0.3) is 5.09 Å². The fraction of sp³-hybridized carbons (Fsp3) is 0.333. The number of unbranched alkanes of at least 4 members (excludes halogenated alkanes) is 1. The largest absolute Gasteiger partial charge is 0.427 e. The van der Waals surface area contributed by atoms with Gasteiger partial charge in [-0.25, -0.2) is 4.79 Å². The van der Waals surface area contributed by atoms with Crippen molar-refractivity contribution in [3.8, 4) is 11.5 Å². The Morgan fingerprint density at radius 3 is 2.65 bits per heavy atom. The second-order valence-corrected chi connectivity index (χ2v) is 10.3. The van der Waals surface area contributed by atoms with Crippen LogP contribution in [-0.2, 0) is 21.0 Å².